The van der Waals surface area contributed by atoms with E-state index < -0.39 is 16.1 Å². The smallest absolute Gasteiger partial charge is 0.242 e. The van der Waals surface area contributed by atoms with E-state index in [-0.39, 0.29) is 37.7 Å². The van der Waals surface area contributed by atoms with Crippen LogP contribution in [0, 0.1) is 0 Å². The van der Waals surface area contributed by atoms with E-state index in [0.29, 0.717) is 36.8 Å². The van der Waals surface area contributed by atoms with E-state index in [4.69, 9.17) is 9.47 Å². The molecule has 0 spiro atoms. The topological polar surface area (TPSA) is 105 Å². The van der Waals surface area contributed by atoms with Crippen molar-refractivity contribution in [3.63, 3.8) is 0 Å². The van der Waals surface area contributed by atoms with Gasteiger partial charge in [-0.1, -0.05) is 44.5 Å². The minimum absolute atomic E-state index is 0.0811. The molecule has 0 bridgehead atoms. The molecule has 0 fully saturated rings. The number of ether oxygens (including phenoxy) is 2. The van der Waals surface area contributed by atoms with Crippen molar-refractivity contribution in [1.29, 1.82) is 0 Å². The van der Waals surface area contributed by atoms with Crippen molar-refractivity contribution in [2.45, 2.75) is 65.5 Å². The molecule has 216 valence electrons. The minimum Gasteiger partial charge on any atom is -0.497 e. The molecule has 1 atom stereocenters. The van der Waals surface area contributed by atoms with Gasteiger partial charge in [0.1, 0.15) is 17.5 Å². The SMILES string of the molecule is CCCCNC(=O)[C@H](CC)N(Cc1ccc(OC)cc1)C(=O)CCCN(c1ccccc1OCC)S(C)(=O)=O. The molecule has 2 aromatic carbocycles. The number of amides is 2. The van der Waals surface area contributed by atoms with Crippen LogP contribution in [0.5, 0.6) is 11.5 Å². The summed E-state index contributed by atoms with van der Waals surface area (Å²) >= 11 is 0. The summed E-state index contributed by atoms with van der Waals surface area (Å²) in [7, 11) is -2.04. The average molecular weight is 562 g/mol. The summed E-state index contributed by atoms with van der Waals surface area (Å²) in [4.78, 5) is 28.2. The molecular weight excluding hydrogens is 518 g/mol. The Hall–Kier alpha value is -3.27. The van der Waals surface area contributed by atoms with Gasteiger partial charge in [0.2, 0.25) is 21.8 Å². The monoisotopic (exact) mass is 561 g/mol. The van der Waals surface area contributed by atoms with Gasteiger partial charge < -0.3 is 19.7 Å². The Labute approximate surface area is 233 Å². The number of nitrogens with zero attached hydrogens (tertiary/aromatic N) is 2. The van der Waals surface area contributed by atoms with E-state index >= 15 is 0 Å². The number of carbonyl (C=O) groups is 2. The van der Waals surface area contributed by atoms with Crippen LogP contribution in [0.3, 0.4) is 0 Å². The number of anilines is 1. The quantitative estimate of drug-likeness (QED) is 0.288. The third-order valence-electron chi connectivity index (χ3n) is 6.31. The maximum atomic E-state index is 13.6. The second-order valence-electron chi connectivity index (χ2n) is 9.28. The fraction of sp³-hybridized carbons (Fsp3) is 0.517. The zero-order valence-electron chi connectivity index (χ0n) is 23.8. The standard InChI is InChI=1S/C29H43N3O6S/c1-6-9-20-30-29(34)25(7-2)31(22-23-16-18-24(37-4)19-17-23)28(33)15-12-21-32(39(5,35)36)26-13-10-11-14-27(26)38-8-3/h10-11,13-14,16-19,25H,6-9,12,15,20-22H2,1-5H3,(H,30,34)/t25-/m0/s1. The molecule has 9 nitrogen and oxygen atoms in total. The van der Waals surface area contributed by atoms with Gasteiger partial charge in [-0.05, 0) is 56.0 Å². The minimum atomic E-state index is -3.63. The Balaban J connectivity index is 2.23. The van der Waals surface area contributed by atoms with Crippen LogP contribution in [0.2, 0.25) is 0 Å². The van der Waals surface area contributed by atoms with Crippen LogP contribution in [0.25, 0.3) is 0 Å². The van der Waals surface area contributed by atoms with E-state index in [2.05, 4.69) is 12.2 Å². The third-order valence-corrected chi connectivity index (χ3v) is 7.49. The van der Waals surface area contributed by atoms with Gasteiger partial charge in [-0.15, -0.1) is 0 Å². The van der Waals surface area contributed by atoms with Crippen LogP contribution in [0.15, 0.2) is 48.5 Å². The van der Waals surface area contributed by atoms with E-state index in [9.17, 15) is 18.0 Å². The molecule has 0 aliphatic heterocycles. The number of hydrogen-bond donors (Lipinski definition) is 1. The number of methoxy groups -OCH3 is 1. The van der Waals surface area contributed by atoms with Gasteiger partial charge in [0, 0.05) is 26.1 Å². The van der Waals surface area contributed by atoms with Crippen molar-refractivity contribution in [2.75, 3.05) is 37.4 Å². The van der Waals surface area contributed by atoms with Gasteiger partial charge in [-0.3, -0.25) is 13.9 Å². The second-order valence-corrected chi connectivity index (χ2v) is 11.2. The number of nitrogens with one attached hydrogen (secondary N) is 1. The molecule has 0 saturated heterocycles. The highest BCUT2D eigenvalue weighted by molar-refractivity contribution is 7.92. The Morgan fingerprint density at radius 2 is 1.69 bits per heavy atom. The van der Waals surface area contributed by atoms with Gasteiger partial charge in [-0.25, -0.2) is 8.42 Å². The number of hydrogen-bond acceptors (Lipinski definition) is 6. The number of unbranched alkanes of at least 4 members (excludes halogenated alkanes) is 1. The fourth-order valence-electron chi connectivity index (χ4n) is 4.28. The second kappa shape index (κ2) is 16.0. The maximum absolute atomic E-state index is 13.6. The number of carbonyl (C=O) groups excluding carboxylic acids is 2. The first kappa shape index (κ1) is 31.9. The van der Waals surface area contributed by atoms with Crippen LogP contribution in [-0.4, -0.2) is 64.2 Å². The number of rotatable bonds is 17. The lowest BCUT2D eigenvalue weighted by molar-refractivity contribution is -0.141. The first-order valence-corrected chi connectivity index (χ1v) is 15.4. The first-order chi connectivity index (χ1) is 18.7. The zero-order chi connectivity index (χ0) is 28.8. The highest BCUT2D eigenvalue weighted by Crippen LogP contribution is 2.30. The van der Waals surface area contributed by atoms with Crippen molar-refractivity contribution >= 4 is 27.5 Å². The summed E-state index contributed by atoms with van der Waals surface area (Å²) in [5.74, 6) is 0.771. The highest BCUT2D eigenvalue weighted by Gasteiger charge is 2.29. The molecule has 0 unspecified atom stereocenters. The molecule has 0 aliphatic rings. The number of benzene rings is 2. The van der Waals surface area contributed by atoms with E-state index in [1.165, 1.54) is 4.31 Å². The number of sulfonamides is 1. The maximum Gasteiger partial charge on any atom is 0.242 e. The van der Waals surface area contributed by atoms with Gasteiger partial charge in [0.05, 0.1) is 25.7 Å². The van der Waals surface area contributed by atoms with Crippen LogP contribution in [0.4, 0.5) is 5.69 Å². The highest BCUT2D eigenvalue weighted by atomic mass is 32.2. The summed E-state index contributed by atoms with van der Waals surface area (Å²) in [5.41, 5.74) is 1.30. The van der Waals surface area contributed by atoms with Crippen LogP contribution < -0.4 is 19.1 Å². The summed E-state index contributed by atoms with van der Waals surface area (Å²) in [6.07, 6.45) is 3.77. The molecule has 10 heteroatoms. The molecule has 0 aliphatic carbocycles. The van der Waals surface area contributed by atoms with E-state index in [0.717, 1.165) is 24.7 Å². The molecule has 0 radical (unpaired) electrons. The Kier molecular flexibility index (Phi) is 13.1. The Morgan fingerprint density at radius 3 is 2.28 bits per heavy atom. The van der Waals surface area contributed by atoms with Crippen molar-refractivity contribution < 1.29 is 27.5 Å². The fourth-order valence-corrected chi connectivity index (χ4v) is 5.25. The third kappa shape index (κ3) is 9.76. The van der Waals surface area contributed by atoms with Crippen LogP contribution in [0.1, 0.15) is 58.4 Å². The normalized spacial score (nSPS) is 11.9. The van der Waals surface area contributed by atoms with Crippen molar-refractivity contribution in [3.05, 3.63) is 54.1 Å². The molecule has 2 amide bonds. The van der Waals surface area contributed by atoms with Gasteiger partial charge in [-0.2, -0.15) is 0 Å². The number of para-hydroxylation sites is 2. The van der Waals surface area contributed by atoms with E-state index in [1.807, 2.05) is 38.1 Å². The molecule has 2 aromatic rings. The van der Waals surface area contributed by atoms with Crippen molar-refractivity contribution in [1.82, 2.24) is 10.2 Å². The summed E-state index contributed by atoms with van der Waals surface area (Å²) < 4.78 is 37.5. The van der Waals surface area contributed by atoms with Crippen LogP contribution in [-0.2, 0) is 26.2 Å². The molecule has 0 aromatic heterocycles. The molecule has 0 saturated carbocycles. The van der Waals surface area contributed by atoms with Crippen molar-refractivity contribution in [3.8, 4) is 11.5 Å². The lowest BCUT2D eigenvalue weighted by atomic mass is 10.1. The molecule has 1 N–H and O–H groups in total. The molecule has 0 heterocycles. The Bertz CT molecular complexity index is 1150. The summed E-state index contributed by atoms with van der Waals surface area (Å²) in [6, 6.07) is 13.7. The predicted octanol–water partition coefficient (Wildman–Crippen LogP) is 4.36. The Morgan fingerprint density at radius 1 is 1.00 bits per heavy atom. The average Bonchev–Trinajstić information content (AvgIpc) is 2.91. The largest absolute Gasteiger partial charge is 0.497 e. The molecule has 39 heavy (non-hydrogen) atoms. The molecular formula is C29H43N3O6S. The van der Waals surface area contributed by atoms with Crippen LogP contribution >= 0.6 is 0 Å². The summed E-state index contributed by atoms with van der Waals surface area (Å²) in [5, 5.41) is 2.95. The van der Waals surface area contributed by atoms with E-state index in [1.54, 1.807) is 36.3 Å². The first-order valence-electron chi connectivity index (χ1n) is 13.6. The van der Waals surface area contributed by atoms with Crippen molar-refractivity contribution in [2.24, 2.45) is 0 Å². The lowest BCUT2D eigenvalue weighted by Gasteiger charge is -2.31. The lowest BCUT2D eigenvalue weighted by Crippen LogP contribution is -2.49. The zero-order valence-corrected chi connectivity index (χ0v) is 24.6. The summed E-state index contributed by atoms with van der Waals surface area (Å²) in [6.45, 7) is 7.07. The van der Waals surface area contributed by atoms with Gasteiger partial charge >= 0.3 is 0 Å². The molecule has 2 rings (SSSR count). The predicted molar refractivity (Wildman–Crippen MR) is 155 cm³/mol. The van der Waals surface area contributed by atoms with Gasteiger partial charge in [0.15, 0.2) is 0 Å². The van der Waals surface area contributed by atoms with Gasteiger partial charge in [0.25, 0.3) is 0 Å².